The van der Waals surface area contributed by atoms with Gasteiger partial charge in [-0.2, -0.15) is 26.3 Å². The molecule has 126 valence electrons. The fourth-order valence-corrected chi connectivity index (χ4v) is 3.10. The van der Waals surface area contributed by atoms with Crippen molar-refractivity contribution < 1.29 is 49.5 Å². The molecule has 0 radical (unpaired) electrons. The van der Waals surface area contributed by atoms with Crippen LogP contribution >= 0.6 is 7.60 Å². The zero-order chi connectivity index (χ0) is 16.9. The average Bonchev–Trinajstić information content (AvgIpc) is 2.33. The minimum atomic E-state index is -5.01. The third-order valence-corrected chi connectivity index (χ3v) is 4.38. The number of esters is 1. The van der Waals surface area contributed by atoms with Crippen LogP contribution in [0.3, 0.4) is 0 Å². The Balaban J connectivity index is 5.23. The SMILES string of the molecule is CC[C@@H](C(=O)OC)P(=O)(OCC(F)(F)F)OCC(F)(F)F. The molecule has 0 unspecified atom stereocenters. The van der Waals surface area contributed by atoms with Gasteiger partial charge in [-0.1, -0.05) is 6.92 Å². The maximum Gasteiger partial charge on any atom is 0.412 e. The van der Waals surface area contributed by atoms with Crippen molar-refractivity contribution in [1.82, 2.24) is 0 Å². The van der Waals surface area contributed by atoms with E-state index in [-0.39, 0.29) is 6.42 Å². The van der Waals surface area contributed by atoms with Crippen LogP contribution in [0.5, 0.6) is 0 Å². The molecule has 0 aliphatic rings. The standard InChI is InChI=1S/C9H13F6O5P/c1-3-6(7(16)18-2)21(17,19-4-8(10,11)12)20-5-9(13,14)15/h6H,3-5H2,1-2H3/t6-/m0/s1. The Morgan fingerprint density at radius 3 is 1.67 bits per heavy atom. The van der Waals surface area contributed by atoms with Gasteiger partial charge in [0.2, 0.25) is 0 Å². The Morgan fingerprint density at radius 2 is 1.43 bits per heavy atom. The van der Waals surface area contributed by atoms with E-state index in [0.717, 1.165) is 7.11 Å². The zero-order valence-corrected chi connectivity index (χ0v) is 11.8. The molecule has 0 aromatic carbocycles. The Bertz CT molecular complexity index is 371. The largest absolute Gasteiger partial charge is 0.468 e. The van der Waals surface area contributed by atoms with Crippen molar-refractivity contribution in [2.75, 3.05) is 20.3 Å². The van der Waals surface area contributed by atoms with E-state index in [1.54, 1.807) is 0 Å². The fourth-order valence-electron chi connectivity index (χ4n) is 1.20. The molecular weight excluding hydrogens is 333 g/mol. The van der Waals surface area contributed by atoms with E-state index >= 15 is 0 Å². The van der Waals surface area contributed by atoms with Crippen LogP contribution in [0, 0.1) is 0 Å². The molecule has 5 nitrogen and oxygen atoms in total. The van der Waals surface area contributed by atoms with E-state index in [9.17, 15) is 35.7 Å². The molecule has 0 aliphatic heterocycles. The van der Waals surface area contributed by atoms with Crippen molar-refractivity contribution in [3.8, 4) is 0 Å². The lowest BCUT2D eigenvalue weighted by molar-refractivity contribution is -0.167. The van der Waals surface area contributed by atoms with Crippen LogP contribution in [0.25, 0.3) is 0 Å². The van der Waals surface area contributed by atoms with Crippen molar-refractivity contribution in [2.45, 2.75) is 31.4 Å². The lowest BCUT2D eigenvalue weighted by atomic mass is 10.3. The number of hydrogen-bond donors (Lipinski definition) is 0. The third kappa shape index (κ3) is 7.68. The molecule has 0 rings (SSSR count). The second-order valence-electron chi connectivity index (χ2n) is 3.76. The molecule has 21 heavy (non-hydrogen) atoms. The normalized spacial score (nSPS) is 14.9. The van der Waals surface area contributed by atoms with Gasteiger partial charge >= 0.3 is 25.9 Å². The fraction of sp³-hybridized carbons (Fsp3) is 0.889. The highest BCUT2D eigenvalue weighted by Crippen LogP contribution is 2.56. The molecule has 0 aromatic rings. The van der Waals surface area contributed by atoms with Crippen LogP contribution in [0.1, 0.15) is 13.3 Å². The first kappa shape index (κ1) is 20.2. The van der Waals surface area contributed by atoms with E-state index in [4.69, 9.17) is 0 Å². The van der Waals surface area contributed by atoms with Crippen molar-refractivity contribution in [3.63, 3.8) is 0 Å². The molecule has 0 N–H and O–H groups in total. The molecule has 0 aliphatic carbocycles. The van der Waals surface area contributed by atoms with Crippen LogP contribution in [-0.2, 0) is 23.1 Å². The first-order valence-corrected chi connectivity index (χ1v) is 7.06. The number of carbonyl (C=O) groups is 1. The van der Waals surface area contributed by atoms with Crippen molar-refractivity contribution >= 4 is 13.6 Å². The topological polar surface area (TPSA) is 61.8 Å². The zero-order valence-electron chi connectivity index (χ0n) is 11.0. The lowest BCUT2D eigenvalue weighted by Crippen LogP contribution is -2.28. The van der Waals surface area contributed by atoms with E-state index in [1.165, 1.54) is 6.92 Å². The summed E-state index contributed by atoms with van der Waals surface area (Å²) in [6.45, 7) is -3.02. The summed E-state index contributed by atoms with van der Waals surface area (Å²) in [5.41, 5.74) is -1.88. The highest BCUT2D eigenvalue weighted by molar-refractivity contribution is 7.55. The predicted octanol–water partition coefficient (Wildman–Crippen LogP) is 3.29. The minimum Gasteiger partial charge on any atom is -0.468 e. The van der Waals surface area contributed by atoms with E-state index < -0.39 is 44.8 Å². The van der Waals surface area contributed by atoms with Gasteiger partial charge in [-0.25, -0.2) is 0 Å². The van der Waals surface area contributed by atoms with Crippen LogP contribution < -0.4 is 0 Å². The monoisotopic (exact) mass is 346 g/mol. The first-order chi connectivity index (χ1) is 9.34. The smallest absolute Gasteiger partial charge is 0.412 e. The second kappa shape index (κ2) is 7.46. The number of methoxy groups -OCH3 is 1. The lowest BCUT2D eigenvalue weighted by Gasteiger charge is -2.25. The van der Waals surface area contributed by atoms with E-state index in [0.29, 0.717) is 0 Å². The third-order valence-electron chi connectivity index (χ3n) is 2.06. The number of alkyl halides is 6. The molecule has 0 saturated carbocycles. The molecule has 0 amide bonds. The molecule has 0 saturated heterocycles. The van der Waals surface area contributed by atoms with Gasteiger partial charge in [0, 0.05) is 0 Å². The summed E-state index contributed by atoms with van der Waals surface area (Å²) in [6.07, 6.45) is -10.3. The van der Waals surface area contributed by atoms with Gasteiger partial charge in [0.1, 0.15) is 0 Å². The van der Waals surface area contributed by atoms with Gasteiger partial charge in [0.15, 0.2) is 18.9 Å². The molecule has 0 bridgehead atoms. The molecule has 0 aromatic heterocycles. The van der Waals surface area contributed by atoms with Gasteiger partial charge in [-0.15, -0.1) is 0 Å². The van der Waals surface area contributed by atoms with Crippen molar-refractivity contribution in [2.24, 2.45) is 0 Å². The van der Waals surface area contributed by atoms with Crippen LogP contribution in [-0.4, -0.2) is 44.3 Å². The number of rotatable bonds is 7. The van der Waals surface area contributed by atoms with Gasteiger partial charge in [-0.3, -0.25) is 18.4 Å². The quantitative estimate of drug-likeness (QED) is 0.402. The summed E-state index contributed by atoms with van der Waals surface area (Å²) < 4.78 is 96.6. The summed E-state index contributed by atoms with van der Waals surface area (Å²) in [4.78, 5) is 11.3. The van der Waals surface area contributed by atoms with Gasteiger partial charge in [-0.05, 0) is 6.42 Å². The summed E-state index contributed by atoms with van der Waals surface area (Å²) >= 11 is 0. The van der Waals surface area contributed by atoms with Crippen molar-refractivity contribution in [1.29, 1.82) is 0 Å². The number of hydrogen-bond acceptors (Lipinski definition) is 5. The number of carbonyl (C=O) groups excluding carboxylic acids is 1. The Hall–Kier alpha value is -0.800. The Kier molecular flexibility index (Phi) is 7.17. The Morgan fingerprint density at radius 1 is 1.05 bits per heavy atom. The molecule has 1 atom stereocenters. The number of ether oxygens (including phenoxy) is 1. The highest BCUT2D eigenvalue weighted by atomic mass is 31.2. The van der Waals surface area contributed by atoms with Gasteiger partial charge in [0.25, 0.3) is 0 Å². The average molecular weight is 346 g/mol. The first-order valence-electron chi connectivity index (χ1n) is 5.44. The Labute approximate surface area is 116 Å². The van der Waals surface area contributed by atoms with Crippen LogP contribution in [0.2, 0.25) is 0 Å². The molecule has 0 fully saturated rings. The molecule has 12 heteroatoms. The molecule has 0 heterocycles. The minimum absolute atomic E-state index is 0.389. The molecular formula is C9H13F6O5P. The molecule has 0 spiro atoms. The van der Waals surface area contributed by atoms with Crippen LogP contribution in [0.15, 0.2) is 0 Å². The summed E-state index contributed by atoms with van der Waals surface area (Å²) in [6, 6.07) is 0. The van der Waals surface area contributed by atoms with E-state index in [2.05, 4.69) is 13.8 Å². The maximum atomic E-state index is 12.1. The van der Waals surface area contributed by atoms with Crippen LogP contribution in [0.4, 0.5) is 26.3 Å². The van der Waals surface area contributed by atoms with Gasteiger partial charge in [0.05, 0.1) is 7.11 Å². The predicted molar refractivity (Wildman–Crippen MR) is 57.7 cm³/mol. The summed E-state index contributed by atoms with van der Waals surface area (Å²) in [5.74, 6) is -1.29. The van der Waals surface area contributed by atoms with Gasteiger partial charge < -0.3 is 4.74 Å². The second-order valence-corrected chi connectivity index (χ2v) is 5.98. The number of halogens is 6. The summed E-state index contributed by atoms with van der Waals surface area (Å²) in [7, 11) is -4.17. The summed E-state index contributed by atoms with van der Waals surface area (Å²) in [5, 5.41) is 0. The van der Waals surface area contributed by atoms with Crippen molar-refractivity contribution in [3.05, 3.63) is 0 Å². The highest BCUT2D eigenvalue weighted by Gasteiger charge is 2.46. The maximum absolute atomic E-state index is 12.1. The van der Waals surface area contributed by atoms with E-state index in [1.807, 2.05) is 0 Å².